The van der Waals surface area contributed by atoms with Gasteiger partial charge in [-0.1, -0.05) is 6.07 Å². The number of anilines is 1. The van der Waals surface area contributed by atoms with Crippen molar-refractivity contribution in [3.63, 3.8) is 0 Å². The number of rotatable bonds is 5. The number of ether oxygens (including phenoxy) is 2. The van der Waals surface area contributed by atoms with Gasteiger partial charge in [-0.2, -0.15) is 0 Å². The molecule has 0 N–H and O–H groups in total. The topological polar surface area (TPSA) is 98.0 Å². The highest BCUT2D eigenvalue weighted by atomic mass is 16.5. The molecule has 2 aliphatic rings. The van der Waals surface area contributed by atoms with E-state index >= 15 is 0 Å². The number of amides is 1. The van der Waals surface area contributed by atoms with Gasteiger partial charge in [0.15, 0.2) is 11.5 Å². The molecular weight excluding hydrogens is 436 g/mol. The van der Waals surface area contributed by atoms with Gasteiger partial charge in [-0.25, -0.2) is 9.97 Å². The summed E-state index contributed by atoms with van der Waals surface area (Å²) in [4.78, 5) is 38.5. The summed E-state index contributed by atoms with van der Waals surface area (Å²) in [6.45, 7) is 2.30. The van der Waals surface area contributed by atoms with Crippen LogP contribution in [0.25, 0.3) is 0 Å². The Morgan fingerprint density at radius 3 is 2.62 bits per heavy atom. The average molecular weight is 463 g/mol. The number of hydrogen-bond acceptors (Lipinski definition) is 8. The minimum Gasteiger partial charge on any atom is -0.497 e. The molecule has 1 amide bonds. The van der Waals surface area contributed by atoms with E-state index in [-0.39, 0.29) is 17.6 Å². The summed E-state index contributed by atoms with van der Waals surface area (Å²) in [7, 11) is 3.23. The summed E-state index contributed by atoms with van der Waals surface area (Å²) in [6.07, 6.45) is 4.14. The van der Waals surface area contributed by atoms with Crippen molar-refractivity contribution < 1.29 is 23.5 Å². The van der Waals surface area contributed by atoms with Gasteiger partial charge < -0.3 is 23.7 Å². The van der Waals surface area contributed by atoms with E-state index < -0.39 is 0 Å². The summed E-state index contributed by atoms with van der Waals surface area (Å²) in [6, 6.07) is 9.06. The number of nitrogens with zero attached hydrogens (tertiary/aromatic N) is 4. The summed E-state index contributed by atoms with van der Waals surface area (Å²) in [5.74, 6) is 2.22. The fourth-order valence-corrected chi connectivity index (χ4v) is 4.63. The summed E-state index contributed by atoms with van der Waals surface area (Å²) >= 11 is 0. The Morgan fingerprint density at radius 2 is 1.91 bits per heavy atom. The van der Waals surface area contributed by atoms with Gasteiger partial charge in [-0.15, -0.1) is 0 Å². The summed E-state index contributed by atoms with van der Waals surface area (Å²) < 4.78 is 16.1. The molecule has 3 aromatic rings. The molecule has 1 aliphatic carbocycles. The Bertz CT molecular complexity index is 1200. The van der Waals surface area contributed by atoms with Crippen molar-refractivity contribution in [3.05, 3.63) is 65.4 Å². The zero-order valence-electron chi connectivity index (χ0n) is 19.2. The van der Waals surface area contributed by atoms with E-state index in [4.69, 9.17) is 18.9 Å². The van der Waals surface area contributed by atoms with Crippen LogP contribution in [0.3, 0.4) is 0 Å². The third kappa shape index (κ3) is 4.09. The van der Waals surface area contributed by atoms with Crippen LogP contribution in [0, 0.1) is 0 Å². The first-order valence-corrected chi connectivity index (χ1v) is 11.3. The van der Waals surface area contributed by atoms with Crippen molar-refractivity contribution in [2.75, 3.05) is 45.3 Å². The average Bonchev–Trinajstić information content (AvgIpc) is 3.42. The van der Waals surface area contributed by atoms with Crippen LogP contribution in [0.5, 0.6) is 11.5 Å². The third-order valence-corrected chi connectivity index (χ3v) is 6.49. The smallest absolute Gasteiger partial charge is 0.289 e. The zero-order chi connectivity index (χ0) is 23.7. The van der Waals surface area contributed by atoms with Crippen molar-refractivity contribution in [2.24, 2.45) is 0 Å². The van der Waals surface area contributed by atoms with Crippen LogP contribution in [-0.4, -0.2) is 67.0 Å². The molecule has 0 unspecified atom stereocenters. The van der Waals surface area contributed by atoms with Gasteiger partial charge in [0.2, 0.25) is 5.95 Å². The number of Topliss-reactive ketones (excluding diaryl/α,β-unsaturated/α-hetero) is 1. The SMILES string of the molecule is COc1ccc([C@H]2CC(=O)c3cnc(N4CCN(C(=O)c5ccco5)CC4)nc3C2)c(OC)c1. The van der Waals surface area contributed by atoms with Crippen molar-refractivity contribution in [3.8, 4) is 11.5 Å². The van der Waals surface area contributed by atoms with Crippen LogP contribution in [0.15, 0.2) is 47.2 Å². The second kappa shape index (κ2) is 9.17. The van der Waals surface area contributed by atoms with E-state index in [2.05, 4.69) is 4.98 Å². The number of aromatic nitrogens is 2. The minimum absolute atomic E-state index is 0.0320. The number of fused-ring (bicyclic) bond motifs is 1. The van der Waals surface area contributed by atoms with Crippen LogP contribution in [-0.2, 0) is 6.42 Å². The van der Waals surface area contributed by atoms with Crippen molar-refractivity contribution in [1.29, 1.82) is 0 Å². The fraction of sp³-hybridized carbons (Fsp3) is 0.360. The Morgan fingerprint density at radius 1 is 1.09 bits per heavy atom. The molecule has 3 heterocycles. The number of carbonyl (C=O) groups is 2. The van der Waals surface area contributed by atoms with E-state index in [1.54, 1.807) is 37.4 Å². The second-order valence-corrected chi connectivity index (χ2v) is 8.42. The maximum atomic E-state index is 12.9. The van der Waals surface area contributed by atoms with E-state index in [1.807, 2.05) is 23.1 Å². The number of methoxy groups -OCH3 is 2. The molecule has 0 saturated carbocycles. The number of furan rings is 1. The largest absolute Gasteiger partial charge is 0.497 e. The van der Waals surface area contributed by atoms with Gasteiger partial charge >= 0.3 is 0 Å². The molecule has 0 radical (unpaired) electrons. The molecule has 2 aromatic heterocycles. The molecule has 176 valence electrons. The van der Waals surface area contributed by atoms with Crippen LogP contribution in [0.2, 0.25) is 0 Å². The van der Waals surface area contributed by atoms with E-state index in [1.165, 1.54) is 6.26 Å². The maximum Gasteiger partial charge on any atom is 0.289 e. The molecule has 0 bridgehead atoms. The Labute approximate surface area is 197 Å². The lowest BCUT2D eigenvalue weighted by molar-refractivity contribution is 0.0714. The molecule has 34 heavy (non-hydrogen) atoms. The van der Waals surface area contributed by atoms with Crippen LogP contribution >= 0.6 is 0 Å². The van der Waals surface area contributed by atoms with Crippen molar-refractivity contribution in [2.45, 2.75) is 18.8 Å². The lowest BCUT2D eigenvalue weighted by atomic mass is 9.82. The van der Waals surface area contributed by atoms with Crippen LogP contribution in [0.4, 0.5) is 5.95 Å². The normalized spacial score (nSPS) is 17.9. The molecule has 1 fully saturated rings. The first-order valence-electron chi connectivity index (χ1n) is 11.3. The van der Waals surface area contributed by atoms with Gasteiger partial charge in [0.25, 0.3) is 5.91 Å². The molecule has 1 saturated heterocycles. The van der Waals surface area contributed by atoms with Crippen molar-refractivity contribution >= 4 is 17.6 Å². The van der Waals surface area contributed by atoms with Gasteiger partial charge in [-0.05, 0) is 30.2 Å². The molecule has 9 heteroatoms. The predicted octanol–water partition coefficient (Wildman–Crippen LogP) is 2.96. The highest BCUT2D eigenvalue weighted by Gasteiger charge is 2.31. The molecular formula is C25H26N4O5. The first kappa shape index (κ1) is 21.9. The molecule has 1 atom stereocenters. The Hall–Kier alpha value is -3.88. The molecule has 9 nitrogen and oxygen atoms in total. The fourth-order valence-electron chi connectivity index (χ4n) is 4.63. The highest BCUT2D eigenvalue weighted by Crippen LogP contribution is 2.38. The van der Waals surface area contributed by atoms with Crippen LogP contribution in [0.1, 0.15) is 44.5 Å². The molecule has 5 rings (SSSR count). The number of hydrogen-bond donors (Lipinski definition) is 0. The molecule has 0 spiro atoms. The Balaban J connectivity index is 1.32. The molecule has 1 aliphatic heterocycles. The van der Waals surface area contributed by atoms with Crippen molar-refractivity contribution in [1.82, 2.24) is 14.9 Å². The third-order valence-electron chi connectivity index (χ3n) is 6.49. The number of benzene rings is 1. The zero-order valence-corrected chi connectivity index (χ0v) is 19.2. The summed E-state index contributed by atoms with van der Waals surface area (Å²) in [5, 5.41) is 0. The monoisotopic (exact) mass is 462 g/mol. The lowest BCUT2D eigenvalue weighted by Gasteiger charge is -2.34. The van der Waals surface area contributed by atoms with Crippen LogP contribution < -0.4 is 14.4 Å². The summed E-state index contributed by atoms with van der Waals surface area (Å²) in [5.41, 5.74) is 2.30. The van der Waals surface area contributed by atoms with E-state index in [9.17, 15) is 9.59 Å². The van der Waals surface area contributed by atoms with E-state index in [0.29, 0.717) is 67.8 Å². The Kier molecular flexibility index (Phi) is 5.91. The lowest BCUT2D eigenvalue weighted by Crippen LogP contribution is -2.49. The number of ketones is 1. The standard InChI is InChI=1S/C25H26N4O5/c1-32-17-5-6-18(23(14-17)33-2)16-12-20-19(21(30)13-16)15-26-25(27-20)29-9-7-28(8-10-29)24(31)22-4-3-11-34-22/h3-6,11,14-16H,7-10,12-13H2,1-2H3/t16-/m1/s1. The van der Waals surface area contributed by atoms with Gasteiger partial charge in [-0.3, -0.25) is 9.59 Å². The highest BCUT2D eigenvalue weighted by molar-refractivity contribution is 5.98. The van der Waals surface area contributed by atoms with Gasteiger partial charge in [0.05, 0.1) is 31.7 Å². The molecule has 1 aromatic carbocycles. The first-order chi connectivity index (χ1) is 16.6. The minimum atomic E-state index is -0.113. The maximum absolute atomic E-state index is 12.9. The number of piperazine rings is 1. The predicted molar refractivity (Wildman–Crippen MR) is 124 cm³/mol. The number of carbonyl (C=O) groups excluding carboxylic acids is 2. The second-order valence-electron chi connectivity index (χ2n) is 8.42. The van der Waals surface area contributed by atoms with E-state index in [0.717, 1.165) is 11.3 Å². The quantitative estimate of drug-likeness (QED) is 0.571. The van der Waals surface area contributed by atoms with Gasteiger partial charge in [0, 0.05) is 50.8 Å². The van der Waals surface area contributed by atoms with Gasteiger partial charge in [0.1, 0.15) is 11.5 Å².